The van der Waals surface area contributed by atoms with Gasteiger partial charge in [-0.2, -0.15) is 0 Å². The van der Waals surface area contributed by atoms with Crippen LogP contribution in [0.15, 0.2) is 22.9 Å². The first-order valence-electron chi connectivity index (χ1n) is 6.59. The molecule has 0 aliphatic heterocycles. The fourth-order valence-electron chi connectivity index (χ4n) is 2.92. The van der Waals surface area contributed by atoms with Crippen molar-refractivity contribution in [1.82, 2.24) is 10.3 Å². The van der Waals surface area contributed by atoms with Crippen molar-refractivity contribution in [3.8, 4) is 0 Å². The molecule has 1 atom stereocenters. The minimum absolute atomic E-state index is 0.457. The molecule has 1 heterocycles. The van der Waals surface area contributed by atoms with E-state index in [4.69, 9.17) is 0 Å². The van der Waals surface area contributed by atoms with Crippen LogP contribution < -0.4 is 5.32 Å². The third-order valence-electron chi connectivity index (χ3n) is 3.77. The number of hydrogen-bond donors (Lipinski definition) is 1. The van der Waals surface area contributed by atoms with Crippen LogP contribution >= 0.6 is 15.9 Å². The van der Waals surface area contributed by atoms with Crippen molar-refractivity contribution in [1.29, 1.82) is 0 Å². The quantitative estimate of drug-likeness (QED) is 0.851. The smallest absolute Gasteiger partial charge is 0.0410 e. The monoisotopic (exact) mass is 296 g/mol. The maximum Gasteiger partial charge on any atom is 0.0410 e. The number of halogens is 1. The van der Waals surface area contributed by atoms with E-state index in [-0.39, 0.29) is 0 Å². The summed E-state index contributed by atoms with van der Waals surface area (Å²) in [5.74, 6) is 0.763. The molecule has 0 amide bonds. The van der Waals surface area contributed by atoms with Crippen molar-refractivity contribution in [3.05, 3.63) is 28.5 Å². The molecular weight excluding hydrogens is 276 g/mol. The Hall–Kier alpha value is -0.410. The third kappa shape index (κ3) is 3.52. The third-order valence-corrected chi connectivity index (χ3v) is 4.20. The lowest BCUT2D eigenvalue weighted by Crippen LogP contribution is -2.25. The van der Waals surface area contributed by atoms with E-state index in [1.54, 1.807) is 0 Å². The second-order valence-electron chi connectivity index (χ2n) is 4.95. The molecule has 17 heavy (non-hydrogen) atoms. The molecule has 0 radical (unpaired) electrons. The molecule has 0 aromatic carbocycles. The molecule has 1 aromatic heterocycles. The van der Waals surface area contributed by atoms with Gasteiger partial charge in [-0.25, -0.2) is 0 Å². The van der Waals surface area contributed by atoms with Crippen molar-refractivity contribution in [3.63, 3.8) is 0 Å². The molecular formula is C14H21BrN2. The summed E-state index contributed by atoms with van der Waals surface area (Å²) in [4.78, 5) is 4.28. The summed E-state index contributed by atoms with van der Waals surface area (Å²) in [5, 5.41) is 3.48. The molecule has 2 nitrogen and oxygen atoms in total. The first-order chi connectivity index (χ1) is 8.31. The minimum Gasteiger partial charge on any atom is -0.313 e. The zero-order valence-electron chi connectivity index (χ0n) is 10.5. The highest BCUT2D eigenvalue weighted by atomic mass is 79.9. The molecule has 1 aromatic rings. The van der Waals surface area contributed by atoms with Gasteiger partial charge in [-0.1, -0.05) is 25.7 Å². The number of nitrogens with one attached hydrogen (secondary N) is 1. The molecule has 94 valence electrons. The molecule has 0 spiro atoms. The fraction of sp³-hybridized carbons (Fsp3) is 0.643. The number of nitrogens with zero attached hydrogens (tertiary/aromatic N) is 1. The highest BCUT2D eigenvalue weighted by Crippen LogP contribution is 2.33. The predicted octanol–water partition coefficient (Wildman–Crippen LogP) is 4.08. The molecule has 0 bridgehead atoms. The van der Waals surface area contributed by atoms with Crippen LogP contribution in [0.25, 0.3) is 0 Å². The summed E-state index contributed by atoms with van der Waals surface area (Å²) >= 11 is 3.51. The van der Waals surface area contributed by atoms with Crippen molar-refractivity contribution >= 4 is 15.9 Å². The van der Waals surface area contributed by atoms with Crippen molar-refractivity contribution in [2.75, 3.05) is 7.05 Å². The summed E-state index contributed by atoms with van der Waals surface area (Å²) < 4.78 is 1.07. The predicted molar refractivity (Wildman–Crippen MR) is 74.9 cm³/mol. The van der Waals surface area contributed by atoms with E-state index in [9.17, 15) is 0 Å². The van der Waals surface area contributed by atoms with E-state index in [1.807, 2.05) is 12.4 Å². The van der Waals surface area contributed by atoms with E-state index in [0.717, 1.165) is 10.4 Å². The Morgan fingerprint density at radius 1 is 1.24 bits per heavy atom. The van der Waals surface area contributed by atoms with E-state index < -0.39 is 0 Å². The first kappa shape index (κ1) is 13.0. The Kier molecular flexibility index (Phi) is 4.99. The maximum absolute atomic E-state index is 4.28. The Bertz CT molecular complexity index is 346. The SMILES string of the molecule is CNC(c1cncc(Br)c1)C1CCCCCC1. The van der Waals surface area contributed by atoms with Crippen LogP contribution in [0.4, 0.5) is 0 Å². The Labute approximate surface area is 112 Å². The van der Waals surface area contributed by atoms with E-state index in [1.165, 1.54) is 44.1 Å². The highest BCUT2D eigenvalue weighted by molar-refractivity contribution is 9.10. The molecule has 1 saturated carbocycles. The zero-order chi connectivity index (χ0) is 12.1. The second kappa shape index (κ2) is 6.50. The Morgan fingerprint density at radius 3 is 2.53 bits per heavy atom. The second-order valence-corrected chi connectivity index (χ2v) is 5.87. The molecule has 0 saturated heterocycles. The van der Waals surface area contributed by atoms with Gasteiger partial charge in [0.2, 0.25) is 0 Å². The van der Waals surface area contributed by atoms with Crippen LogP contribution in [0, 0.1) is 5.92 Å². The van der Waals surface area contributed by atoms with E-state index >= 15 is 0 Å². The summed E-state index contributed by atoms with van der Waals surface area (Å²) in [6, 6.07) is 2.65. The lowest BCUT2D eigenvalue weighted by atomic mass is 9.88. The Morgan fingerprint density at radius 2 is 1.94 bits per heavy atom. The van der Waals surface area contributed by atoms with E-state index in [0.29, 0.717) is 6.04 Å². The average molecular weight is 297 g/mol. The number of rotatable bonds is 3. The van der Waals surface area contributed by atoms with Crippen LogP contribution in [-0.4, -0.2) is 12.0 Å². The fourth-order valence-corrected chi connectivity index (χ4v) is 3.30. The normalized spacial score (nSPS) is 19.9. The summed E-state index contributed by atoms with van der Waals surface area (Å²) in [5.41, 5.74) is 1.31. The van der Waals surface area contributed by atoms with Gasteiger partial charge in [0.25, 0.3) is 0 Å². The summed E-state index contributed by atoms with van der Waals surface area (Å²) in [7, 11) is 2.07. The highest BCUT2D eigenvalue weighted by Gasteiger charge is 2.23. The number of hydrogen-bond acceptors (Lipinski definition) is 2. The van der Waals surface area contributed by atoms with Crippen LogP contribution in [0.1, 0.15) is 50.1 Å². The number of aromatic nitrogens is 1. The standard InChI is InChI=1S/C14H21BrN2/c1-16-14(11-6-4-2-3-5-7-11)12-8-13(15)10-17-9-12/h8-11,14,16H,2-7H2,1H3. The summed E-state index contributed by atoms with van der Waals surface area (Å²) in [6.45, 7) is 0. The van der Waals surface area contributed by atoms with Crippen LogP contribution in [0.2, 0.25) is 0 Å². The molecule has 1 unspecified atom stereocenters. The topological polar surface area (TPSA) is 24.9 Å². The maximum atomic E-state index is 4.28. The van der Waals surface area contributed by atoms with Gasteiger partial charge in [0, 0.05) is 22.9 Å². The summed E-state index contributed by atoms with van der Waals surface area (Å²) in [6.07, 6.45) is 12.1. The zero-order valence-corrected chi connectivity index (χ0v) is 12.0. The number of pyridine rings is 1. The molecule has 1 aliphatic carbocycles. The van der Waals surface area contributed by atoms with Crippen LogP contribution in [0.3, 0.4) is 0 Å². The van der Waals surface area contributed by atoms with Crippen molar-refractivity contribution < 1.29 is 0 Å². The van der Waals surface area contributed by atoms with Gasteiger partial charge in [0.1, 0.15) is 0 Å². The van der Waals surface area contributed by atoms with E-state index in [2.05, 4.69) is 39.3 Å². The largest absolute Gasteiger partial charge is 0.313 e. The lowest BCUT2D eigenvalue weighted by Gasteiger charge is -2.26. The van der Waals surface area contributed by atoms with Crippen LogP contribution in [0.5, 0.6) is 0 Å². The van der Waals surface area contributed by atoms with Gasteiger partial charge < -0.3 is 5.32 Å². The van der Waals surface area contributed by atoms with Gasteiger partial charge in [-0.15, -0.1) is 0 Å². The molecule has 1 N–H and O–H groups in total. The molecule has 1 fully saturated rings. The van der Waals surface area contributed by atoms with Crippen molar-refractivity contribution in [2.45, 2.75) is 44.6 Å². The van der Waals surface area contributed by atoms with Gasteiger partial charge in [-0.3, -0.25) is 4.98 Å². The van der Waals surface area contributed by atoms with Gasteiger partial charge in [0.05, 0.1) is 0 Å². The van der Waals surface area contributed by atoms with Crippen molar-refractivity contribution in [2.24, 2.45) is 5.92 Å². The van der Waals surface area contributed by atoms with Gasteiger partial charge in [0.15, 0.2) is 0 Å². The lowest BCUT2D eigenvalue weighted by molar-refractivity contribution is 0.341. The molecule has 2 rings (SSSR count). The first-order valence-corrected chi connectivity index (χ1v) is 7.38. The van der Waals surface area contributed by atoms with Gasteiger partial charge in [-0.05, 0) is 53.4 Å². The molecule has 1 aliphatic rings. The minimum atomic E-state index is 0.457. The molecule has 3 heteroatoms. The van der Waals surface area contributed by atoms with Crippen LogP contribution in [-0.2, 0) is 0 Å². The average Bonchev–Trinajstić information content (AvgIpc) is 2.59. The Balaban J connectivity index is 2.14. The van der Waals surface area contributed by atoms with Gasteiger partial charge >= 0.3 is 0 Å².